The van der Waals surface area contributed by atoms with Crippen molar-refractivity contribution in [1.82, 2.24) is 25.6 Å². The minimum Gasteiger partial charge on any atom is -0.493 e. The molecule has 11 heteroatoms. The molecule has 0 unspecified atom stereocenters. The van der Waals surface area contributed by atoms with Crippen LogP contribution < -0.4 is 15.4 Å². The first-order valence-corrected chi connectivity index (χ1v) is 14.6. The van der Waals surface area contributed by atoms with Crippen molar-refractivity contribution in [3.63, 3.8) is 0 Å². The topological polar surface area (TPSA) is 118 Å². The standard InChI is InChI=1S/C31H39F2N5O4/c1-16-12-20(37-30(40)42-31(3,4)5)9-10-22(16)38-29(39)24-17(2)36-27-25(34-15-35-26(24)27)21-13-19(28(32)33)8-11-23(21)41-14-18-6-7-18/h8,11,13,15-16,18,20,22,28,36H,6-7,9-10,12,14H2,1-5H3,(H,37,40)(H,38,39)/t16-,20+,22-/m1/s1. The molecule has 3 N–H and O–H groups in total. The molecule has 0 aliphatic heterocycles. The summed E-state index contributed by atoms with van der Waals surface area (Å²) in [6, 6.07) is 4.20. The molecule has 2 aromatic heterocycles. The highest BCUT2D eigenvalue weighted by molar-refractivity contribution is 6.09. The lowest BCUT2D eigenvalue weighted by molar-refractivity contribution is 0.0476. The maximum absolute atomic E-state index is 13.7. The highest BCUT2D eigenvalue weighted by atomic mass is 19.3. The Morgan fingerprint density at radius 2 is 1.88 bits per heavy atom. The molecule has 2 fully saturated rings. The van der Waals surface area contributed by atoms with Crippen LogP contribution in [0.15, 0.2) is 24.5 Å². The number of nitrogens with one attached hydrogen (secondary N) is 3. The molecule has 2 aliphatic rings. The van der Waals surface area contributed by atoms with Crippen LogP contribution in [0.1, 0.15) is 87.8 Å². The first-order chi connectivity index (χ1) is 19.9. The van der Waals surface area contributed by atoms with Crippen molar-refractivity contribution in [2.24, 2.45) is 11.8 Å². The highest BCUT2D eigenvalue weighted by Crippen LogP contribution is 2.38. The summed E-state index contributed by atoms with van der Waals surface area (Å²) in [4.78, 5) is 37.9. The first kappa shape index (κ1) is 29.7. The second kappa shape index (κ2) is 11.9. The van der Waals surface area contributed by atoms with Crippen LogP contribution >= 0.6 is 0 Å². The van der Waals surface area contributed by atoms with Crippen molar-refractivity contribution in [2.75, 3.05) is 6.61 Å². The summed E-state index contributed by atoms with van der Waals surface area (Å²) >= 11 is 0. The van der Waals surface area contributed by atoms with Crippen molar-refractivity contribution >= 4 is 23.0 Å². The zero-order valence-electron chi connectivity index (χ0n) is 24.7. The van der Waals surface area contributed by atoms with E-state index in [1.54, 1.807) is 13.0 Å². The number of aromatic amines is 1. The second-order valence-corrected chi connectivity index (χ2v) is 12.6. The Morgan fingerprint density at radius 3 is 2.55 bits per heavy atom. The number of alkyl halides is 2. The quantitative estimate of drug-likeness (QED) is 0.280. The van der Waals surface area contributed by atoms with E-state index < -0.39 is 18.1 Å². The van der Waals surface area contributed by atoms with E-state index in [1.807, 2.05) is 20.8 Å². The molecule has 9 nitrogen and oxygen atoms in total. The maximum Gasteiger partial charge on any atom is 0.407 e. The molecule has 2 aliphatic carbocycles. The van der Waals surface area contributed by atoms with Crippen molar-refractivity contribution in [3.05, 3.63) is 41.3 Å². The minimum absolute atomic E-state index is 0.0338. The fraction of sp³-hybridized carbons (Fsp3) is 0.548. The summed E-state index contributed by atoms with van der Waals surface area (Å²) < 4.78 is 38.7. The summed E-state index contributed by atoms with van der Waals surface area (Å²) in [6.45, 7) is 9.82. The third kappa shape index (κ3) is 6.82. The van der Waals surface area contributed by atoms with Crippen LogP contribution in [-0.2, 0) is 4.74 Å². The zero-order chi connectivity index (χ0) is 30.2. The summed E-state index contributed by atoms with van der Waals surface area (Å²) in [7, 11) is 0. The molecule has 3 atom stereocenters. The molecule has 0 radical (unpaired) electrons. The van der Waals surface area contributed by atoms with Crippen LogP contribution in [0.2, 0.25) is 0 Å². The van der Waals surface area contributed by atoms with Gasteiger partial charge >= 0.3 is 6.09 Å². The van der Waals surface area contributed by atoms with E-state index in [0.717, 1.165) is 12.8 Å². The van der Waals surface area contributed by atoms with Gasteiger partial charge in [0.1, 0.15) is 28.9 Å². The van der Waals surface area contributed by atoms with Gasteiger partial charge in [-0.1, -0.05) is 6.92 Å². The van der Waals surface area contributed by atoms with Gasteiger partial charge in [-0.3, -0.25) is 4.79 Å². The molecule has 2 amide bonds. The zero-order valence-corrected chi connectivity index (χ0v) is 24.7. The molecule has 2 heterocycles. The van der Waals surface area contributed by atoms with E-state index in [2.05, 4.69) is 32.5 Å². The van der Waals surface area contributed by atoms with Gasteiger partial charge < -0.3 is 25.1 Å². The van der Waals surface area contributed by atoms with Crippen molar-refractivity contribution in [1.29, 1.82) is 0 Å². The Balaban J connectivity index is 1.35. The minimum atomic E-state index is -2.65. The fourth-order valence-corrected chi connectivity index (χ4v) is 5.55. The Labute approximate surface area is 244 Å². The van der Waals surface area contributed by atoms with Crippen LogP contribution in [0.3, 0.4) is 0 Å². The average molecular weight is 584 g/mol. The van der Waals surface area contributed by atoms with Crippen LogP contribution in [0.4, 0.5) is 13.6 Å². The average Bonchev–Trinajstić information content (AvgIpc) is 3.67. The van der Waals surface area contributed by atoms with E-state index in [4.69, 9.17) is 9.47 Å². The van der Waals surface area contributed by atoms with Crippen LogP contribution in [0.5, 0.6) is 5.75 Å². The van der Waals surface area contributed by atoms with Crippen molar-refractivity contribution in [3.8, 4) is 17.0 Å². The van der Waals surface area contributed by atoms with E-state index in [1.165, 1.54) is 18.5 Å². The number of H-pyrrole nitrogens is 1. The van der Waals surface area contributed by atoms with Gasteiger partial charge in [-0.25, -0.2) is 23.5 Å². The number of ether oxygens (including phenoxy) is 2. The number of carbonyl (C=O) groups excluding carboxylic acids is 2. The number of aromatic nitrogens is 3. The largest absolute Gasteiger partial charge is 0.493 e. The SMILES string of the molecule is Cc1[nH]c2c(-c3cc(C(F)F)ccc3OCC3CC3)ncnc2c1C(=O)N[C@@H]1CC[C@H](NC(=O)OC(C)(C)C)C[C@H]1C. The van der Waals surface area contributed by atoms with Gasteiger partial charge in [-0.2, -0.15) is 0 Å². The predicted molar refractivity (Wildman–Crippen MR) is 155 cm³/mol. The monoisotopic (exact) mass is 583 g/mol. The lowest BCUT2D eigenvalue weighted by Gasteiger charge is -2.35. The maximum atomic E-state index is 13.7. The van der Waals surface area contributed by atoms with Crippen LogP contribution in [-0.4, -0.2) is 51.2 Å². The lowest BCUT2D eigenvalue weighted by Crippen LogP contribution is -2.48. The number of fused-ring (bicyclic) bond motifs is 1. The molecular formula is C31H39F2N5O4. The van der Waals surface area contributed by atoms with Gasteiger partial charge in [0, 0.05) is 28.9 Å². The first-order valence-electron chi connectivity index (χ1n) is 14.6. The normalized spacial score (nSPS) is 20.9. The molecule has 2 saturated carbocycles. The number of benzene rings is 1. The number of amides is 2. The number of nitrogens with zero attached hydrogens (tertiary/aromatic N) is 2. The van der Waals surface area contributed by atoms with Gasteiger partial charge in [0.05, 0.1) is 17.7 Å². The number of alkyl carbamates (subject to hydrolysis) is 1. The smallest absolute Gasteiger partial charge is 0.407 e. The van der Waals surface area contributed by atoms with Crippen LogP contribution in [0.25, 0.3) is 22.3 Å². The molecule has 0 bridgehead atoms. The second-order valence-electron chi connectivity index (χ2n) is 12.6. The number of hydrogen-bond donors (Lipinski definition) is 3. The summed E-state index contributed by atoms with van der Waals surface area (Å²) in [5.74, 6) is 0.786. The van der Waals surface area contributed by atoms with Gasteiger partial charge in [0.15, 0.2) is 0 Å². The molecule has 0 saturated heterocycles. The third-order valence-electron chi connectivity index (χ3n) is 7.89. The summed E-state index contributed by atoms with van der Waals surface area (Å²) in [6.07, 6.45) is 2.54. The van der Waals surface area contributed by atoms with E-state index in [-0.39, 0.29) is 29.5 Å². The number of hydrogen-bond acceptors (Lipinski definition) is 6. The molecule has 0 spiro atoms. The van der Waals surface area contributed by atoms with Crippen molar-refractivity contribution in [2.45, 2.75) is 90.8 Å². The van der Waals surface area contributed by atoms with E-state index >= 15 is 0 Å². The Hall–Kier alpha value is -3.76. The molecule has 42 heavy (non-hydrogen) atoms. The van der Waals surface area contributed by atoms with Gasteiger partial charge in [0.25, 0.3) is 12.3 Å². The molecular weight excluding hydrogens is 544 g/mol. The summed E-state index contributed by atoms with van der Waals surface area (Å²) in [5.41, 5.74) is 2.01. The fourth-order valence-electron chi connectivity index (χ4n) is 5.55. The van der Waals surface area contributed by atoms with Crippen LogP contribution in [0, 0.1) is 18.8 Å². The third-order valence-corrected chi connectivity index (χ3v) is 7.89. The summed E-state index contributed by atoms with van der Waals surface area (Å²) in [5, 5.41) is 6.11. The Morgan fingerprint density at radius 1 is 1.12 bits per heavy atom. The molecule has 226 valence electrons. The Bertz CT molecular complexity index is 1460. The van der Waals surface area contributed by atoms with Gasteiger partial charge in [-0.05, 0) is 89.8 Å². The van der Waals surface area contributed by atoms with E-state index in [9.17, 15) is 18.4 Å². The molecule has 1 aromatic carbocycles. The number of aryl methyl sites for hydroxylation is 1. The van der Waals surface area contributed by atoms with Gasteiger partial charge in [0.2, 0.25) is 0 Å². The van der Waals surface area contributed by atoms with Gasteiger partial charge in [-0.15, -0.1) is 0 Å². The number of carbonyl (C=O) groups is 2. The van der Waals surface area contributed by atoms with E-state index in [0.29, 0.717) is 71.1 Å². The number of rotatable bonds is 8. The molecule has 3 aromatic rings. The Kier molecular flexibility index (Phi) is 8.39. The molecule has 5 rings (SSSR count). The predicted octanol–water partition coefficient (Wildman–Crippen LogP) is 6.47. The highest BCUT2D eigenvalue weighted by Gasteiger charge is 2.32. The lowest BCUT2D eigenvalue weighted by atomic mass is 9.82. The number of halogens is 2. The van der Waals surface area contributed by atoms with Crippen molar-refractivity contribution < 1.29 is 27.8 Å².